The second-order valence-corrected chi connectivity index (χ2v) is 4.69. The summed E-state index contributed by atoms with van der Waals surface area (Å²) in [7, 11) is 0. The number of halogens is 6. The van der Waals surface area contributed by atoms with E-state index in [2.05, 4.69) is 15.9 Å². The maximum atomic E-state index is 13.3. The molecule has 0 spiro atoms. The van der Waals surface area contributed by atoms with E-state index in [9.17, 15) is 22.0 Å². The van der Waals surface area contributed by atoms with E-state index in [0.29, 0.717) is 5.56 Å². The van der Waals surface area contributed by atoms with Crippen LogP contribution in [0, 0.1) is 29.1 Å². The third-order valence-corrected chi connectivity index (χ3v) is 3.05. The third-order valence-electron chi connectivity index (χ3n) is 2.44. The standard InChI is InChI=1S/C13H6BrF5O/c14-7-3-6(1-2-8(7)15)5-20-13-11(18)9(16)4-10(17)12(13)19/h1-4H,5H2. The third kappa shape index (κ3) is 2.92. The summed E-state index contributed by atoms with van der Waals surface area (Å²) in [4.78, 5) is 0. The van der Waals surface area contributed by atoms with Gasteiger partial charge in [-0.15, -0.1) is 0 Å². The summed E-state index contributed by atoms with van der Waals surface area (Å²) in [5, 5.41) is 0. The van der Waals surface area contributed by atoms with Crippen molar-refractivity contribution >= 4 is 15.9 Å². The minimum atomic E-state index is -1.62. The zero-order chi connectivity index (χ0) is 14.9. The van der Waals surface area contributed by atoms with Crippen LogP contribution in [0.2, 0.25) is 0 Å². The molecule has 0 saturated carbocycles. The molecule has 2 aromatic rings. The van der Waals surface area contributed by atoms with Crippen LogP contribution in [0.3, 0.4) is 0 Å². The zero-order valence-corrected chi connectivity index (χ0v) is 11.3. The summed E-state index contributed by atoms with van der Waals surface area (Å²) < 4.78 is 70.4. The maximum Gasteiger partial charge on any atom is 0.203 e. The SMILES string of the molecule is Fc1ccc(COc2c(F)c(F)cc(F)c2F)cc1Br. The van der Waals surface area contributed by atoms with Crippen molar-refractivity contribution in [2.75, 3.05) is 0 Å². The van der Waals surface area contributed by atoms with Crippen LogP contribution in [0.5, 0.6) is 5.75 Å². The Kier molecular flexibility index (Phi) is 4.27. The lowest BCUT2D eigenvalue weighted by molar-refractivity contribution is 0.261. The van der Waals surface area contributed by atoms with Gasteiger partial charge < -0.3 is 4.74 Å². The first kappa shape index (κ1) is 14.8. The molecule has 1 nitrogen and oxygen atoms in total. The van der Waals surface area contributed by atoms with Crippen LogP contribution < -0.4 is 4.74 Å². The molecule has 0 bridgehead atoms. The molecule has 0 fully saturated rings. The van der Waals surface area contributed by atoms with Crippen molar-refractivity contribution < 1.29 is 26.7 Å². The van der Waals surface area contributed by atoms with Gasteiger partial charge in [0.1, 0.15) is 12.4 Å². The van der Waals surface area contributed by atoms with E-state index in [0.717, 1.165) is 6.07 Å². The topological polar surface area (TPSA) is 9.23 Å². The Morgan fingerprint density at radius 3 is 2.00 bits per heavy atom. The van der Waals surface area contributed by atoms with Crippen molar-refractivity contribution in [2.45, 2.75) is 6.61 Å². The molecule has 2 aromatic carbocycles. The molecule has 0 heterocycles. The van der Waals surface area contributed by atoms with Crippen LogP contribution in [0.4, 0.5) is 22.0 Å². The Bertz CT molecular complexity index is 633. The second-order valence-electron chi connectivity index (χ2n) is 3.83. The highest BCUT2D eigenvalue weighted by atomic mass is 79.9. The molecule has 0 saturated heterocycles. The lowest BCUT2D eigenvalue weighted by Crippen LogP contribution is -2.04. The molecule has 0 aliphatic rings. The molecule has 0 aliphatic heterocycles. The fourth-order valence-corrected chi connectivity index (χ4v) is 1.89. The zero-order valence-electron chi connectivity index (χ0n) is 9.69. The van der Waals surface area contributed by atoms with Crippen LogP contribution >= 0.6 is 15.9 Å². The second kappa shape index (κ2) is 5.78. The van der Waals surface area contributed by atoms with E-state index in [1.165, 1.54) is 12.1 Å². The molecule has 0 radical (unpaired) electrons. The van der Waals surface area contributed by atoms with Crippen molar-refractivity contribution in [3.05, 3.63) is 63.4 Å². The fourth-order valence-electron chi connectivity index (χ4n) is 1.46. The first-order valence-corrected chi connectivity index (χ1v) is 6.09. The summed E-state index contributed by atoms with van der Waals surface area (Å²) in [5.41, 5.74) is 0.363. The van der Waals surface area contributed by atoms with Gasteiger partial charge in [0, 0.05) is 6.07 Å². The summed E-state index contributed by atoms with van der Waals surface area (Å²) in [6.45, 7) is -0.379. The molecule has 106 valence electrons. The lowest BCUT2D eigenvalue weighted by atomic mass is 10.2. The van der Waals surface area contributed by atoms with Crippen molar-refractivity contribution in [3.63, 3.8) is 0 Å². The average Bonchev–Trinajstić information content (AvgIpc) is 2.40. The van der Waals surface area contributed by atoms with Crippen molar-refractivity contribution in [1.29, 1.82) is 0 Å². The largest absolute Gasteiger partial charge is 0.483 e. The number of rotatable bonds is 3. The maximum absolute atomic E-state index is 13.3. The average molecular weight is 353 g/mol. The van der Waals surface area contributed by atoms with Gasteiger partial charge in [-0.2, -0.15) is 8.78 Å². The van der Waals surface area contributed by atoms with Crippen LogP contribution in [0.25, 0.3) is 0 Å². The Morgan fingerprint density at radius 2 is 1.45 bits per heavy atom. The molecule has 7 heteroatoms. The molecule has 0 N–H and O–H groups in total. The fraction of sp³-hybridized carbons (Fsp3) is 0.0769. The summed E-state index contributed by atoms with van der Waals surface area (Å²) in [5.74, 6) is -8.03. The monoisotopic (exact) mass is 352 g/mol. The number of ether oxygens (including phenoxy) is 1. The van der Waals surface area contributed by atoms with Gasteiger partial charge in [0.2, 0.25) is 11.6 Å². The minimum Gasteiger partial charge on any atom is -0.483 e. The van der Waals surface area contributed by atoms with E-state index in [1.54, 1.807) is 0 Å². The summed E-state index contributed by atoms with van der Waals surface area (Å²) in [6.07, 6.45) is 0. The number of benzene rings is 2. The molecule has 0 atom stereocenters. The van der Waals surface area contributed by atoms with E-state index in [-0.39, 0.29) is 17.1 Å². The van der Waals surface area contributed by atoms with E-state index >= 15 is 0 Å². The van der Waals surface area contributed by atoms with Gasteiger partial charge in [-0.05, 0) is 33.6 Å². The van der Waals surface area contributed by atoms with E-state index in [4.69, 9.17) is 4.74 Å². The van der Waals surface area contributed by atoms with Gasteiger partial charge >= 0.3 is 0 Å². The summed E-state index contributed by atoms with van der Waals surface area (Å²) in [6, 6.07) is 3.83. The normalized spacial score (nSPS) is 10.7. The van der Waals surface area contributed by atoms with Crippen molar-refractivity contribution in [2.24, 2.45) is 0 Å². The lowest BCUT2D eigenvalue weighted by Gasteiger charge is -2.10. The highest BCUT2D eigenvalue weighted by molar-refractivity contribution is 9.10. The predicted octanol–water partition coefficient (Wildman–Crippen LogP) is 4.72. The highest BCUT2D eigenvalue weighted by Gasteiger charge is 2.20. The molecule has 20 heavy (non-hydrogen) atoms. The molecule has 2 rings (SSSR count). The molecule has 0 amide bonds. The van der Waals surface area contributed by atoms with Crippen LogP contribution in [0.15, 0.2) is 28.7 Å². The van der Waals surface area contributed by atoms with Crippen molar-refractivity contribution in [3.8, 4) is 5.75 Å². The smallest absolute Gasteiger partial charge is 0.203 e. The number of hydrogen-bond donors (Lipinski definition) is 0. The van der Waals surface area contributed by atoms with Gasteiger partial charge in [0.15, 0.2) is 17.4 Å². The Labute approximate surface area is 119 Å². The number of hydrogen-bond acceptors (Lipinski definition) is 1. The van der Waals surface area contributed by atoms with E-state index in [1.807, 2.05) is 0 Å². The van der Waals surface area contributed by atoms with Crippen LogP contribution in [-0.4, -0.2) is 0 Å². The van der Waals surface area contributed by atoms with Crippen LogP contribution in [-0.2, 0) is 6.61 Å². The Hall–Kier alpha value is -1.63. The predicted molar refractivity (Wildman–Crippen MR) is 64.7 cm³/mol. The van der Waals surface area contributed by atoms with E-state index < -0.39 is 34.8 Å². The molecule has 0 aromatic heterocycles. The molecule has 0 aliphatic carbocycles. The minimum absolute atomic E-state index is 0.0893. The Balaban J connectivity index is 2.25. The molecular weight excluding hydrogens is 347 g/mol. The Morgan fingerprint density at radius 1 is 0.850 bits per heavy atom. The van der Waals surface area contributed by atoms with Gasteiger partial charge in [-0.1, -0.05) is 6.07 Å². The van der Waals surface area contributed by atoms with Gasteiger partial charge in [-0.3, -0.25) is 0 Å². The van der Waals surface area contributed by atoms with Crippen molar-refractivity contribution in [1.82, 2.24) is 0 Å². The molecular formula is C13H6BrF5O. The first-order chi connectivity index (χ1) is 9.40. The quantitative estimate of drug-likeness (QED) is 0.573. The van der Waals surface area contributed by atoms with Gasteiger partial charge in [0.25, 0.3) is 0 Å². The summed E-state index contributed by atoms with van der Waals surface area (Å²) >= 11 is 2.93. The highest BCUT2D eigenvalue weighted by Crippen LogP contribution is 2.27. The van der Waals surface area contributed by atoms with Gasteiger partial charge in [-0.25, -0.2) is 13.2 Å². The first-order valence-electron chi connectivity index (χ1n) is 5.30. The van der Waals surface area contributed by atoms with Gasteiger partial charge in [0.05, 0.1) is 4.47 Å². The molecule has 0 unspecified atom stereocenters. The van der Waals surface area contributed by atoms with Crippen LogP contribution in [0.1, 0.15) is 5.56 Å².